The number of nitrogens with zero attached hydrogens (tertiary/aromatic N) is 2. The van der Waals surface area contributed by atoms with Crippen LogP contribution in [0.3, 0.4) is 0 Å². The molecule has 168 valence electrons. The van der Waals surface area contributed by atoms with Crippen LogP contribution in [0.4, 0.5) is 5.69 Å². The lowest BCUT2D eigenvalue weighted by Gasteiger charge is -2.39. The molecule has 0 radical (unpaired) electrons. The number of allylic oxidation sites excluding steroid dienone is 2. The maximum Gasteiger partial charge on any atom is 0.0469 e. The predicted octanol–water partition coefficient (Wildman–Crippen LogP) is 5.89. The summed E-state index contributed by atoms with van der Waals surface area (Å²) in [7, 11) is 0. The third-order valence-electron chi connectivity index (χ3n) is 7.46. The Morgan fingerprint density at radius 2 is 1.67 bits per heavy atom. The average Bonchev–Trinajstić information content (AvgIpc) is 2.75. The van der Waals surface area contributed by atoms with E-state index in [1.165, 1.54) is 63.0 Å². The molecule has 4 heteroatoms. The molecule has 0 saturated carbocycles. The second-order valence-electron chi connectivity index (χ2n) is 10.4. The van der Waals surface area contributed by atoms with Gasteiger partial charge in [-0.3, -0.25) is 4.90 Å². The standard InChI is InChI=1S/C26H40N2O.ClH/c1-26(2,3)23-10-8-22(9-11-23)24-6-4-5-7-25(24)28-16-14-27(15-17-28)20-21-12-18-29-19-13-21;/h4-8,21,23H,9-20H2,1-3H3;1H. The minimum atomic E-state index is 0. The first-order valence-corrected chi connectivity index (χ1v) is 11.8. The van der Waals surface area contributed by atoms with Gasteiger partial charge in [0.25, 0.3) is 0 Å². The van der Waals surface area contributed by atoms with Crippen molar-refractivity contribution in [3.63, 3.8) is 0 Å². The van der Waals surface area contributed by atoms with Crippen molar-refractivity contribution in [2.45, 2.75) is 52.9 Å². The normalized spacial score (nSPS) is 24.3. The maximum atomic E-state index is 5.53. The van der Waals surface area contributed by atoms with E-state index in [2.05, 4.69) is 60.9 Å². The Hall–Kier alpha value is -1.03. The van der Waals surface area contributed by atoms with E-state index in [1.807, 2.05) is 0 Å². The number of halogens is 1. The minimum absolute atomic E-state index is 0. The number of para-hydroxylation sites is 1. The maximum absolute atomic E-state index is 5.53. The number of hydrogen-bond acceptors (Lipinski definition) is 3. The number of piperazine rings is 1. The van der Waals surface area contributed by atoms with E-state index >= 15 is 0 Å². The van der Waals surface area contributed by atoms with Gasteiger partial charge in [-0.2, -0.15) is 0 Å². The summed E-state index contributed by atoms with van der Waals surface area (Å²) < 4.78 is 5.53. The lowest BCUT2D eigenvalue weighted by molar-refractivity contribution is 0.0517. The lowest BCUT2D eigenvalue weighted by Crippen LogP contribution is -2.48. The smallest absolute Gasteiger partial charge is 0.0469 e. The highest BCUT2D eigenvalue weighted by molar-refractivity contribution is 5.85. The van der Waals surface area contributed by atoms with Crippen molar-refractivity contribution in [1.82, 2.24) is 4.90 Å². The molecule has 1 unspecified atom stereocenters. The zero-order valence-corrected chi connectivity index (χ0v) is 20.1. The molecule has 1 atom stereocenters. The van der Waals surface area contributed by atoms with E-state index in [9.17, 15) is 0 Å². The second-order valence-corrected chi connectivity index (χ2v) is 10.4. The summed E-state index contributed by atoms with van der Waals surface area (Å²) in [6.45, 7) is 15.0. The van der Waals surface area contributed by atoms with Gasteiger partial charge in [-0.15, -0.1) is 12.4 Å². The summed E-state index contributed by atoms with van der Waals surface area (Å²) in [6.07, 6.45) is 8.80. The van der Waals surface area contributed by atoms with Gasteiger partial charge in [0, 0.05) is 57.2 Å². The zero-order chi connectivity index (χ0) is 20.3. The van der Waals surface area contributed by atoms with Crippen LogP contribution >= 0.6 is 12.4 Å². The molecule has 30 heavy (non-hydrogen) atoms. The molecule has 4 rings (SSSR count). The predicted molar refractivity (Wildman–Crippen MR) is 131 cm³/mol. The fourth-order valence-corrected chi connectivity index (χ4v) is 5.35. The van der Waals surface area contributed by atoms with Gasteiger partial charge in [0.2, 0.25) is 0 Å². The molecule has 0 bridgehead atoms. The van der Waals surface area contributed by atoms with Gasteiger partial charge in [0.15, 0.2) is 0 Å². The Morgan fingerprint density at radius 3 is 2.30 bits per heavy atom. The van der Waals surface area contributed by atoms with Crippen molar-refractivity contribution in [1.29, 1.82) is 0 Å². The van der Waals surface area contributed by atoms with Gasteiger partial charge in [-0.1, -0.05) is 45.0 Å². The van der Waals surface area contributed by atoms with Crippen LogP contribution in [0.2, 0.25) is 0 Å². The summed E-state index contributed by atoms with van der Waals surface area (Å²) in [5, 5.41) is 0. The molecule has 1 aliphatic carbocycles. The Bertz CT molecular complexity index is 697. The number of rotatable bonds is 4. The van der Waals surface area contributed by atoms with E-state index in [1.54, 1.807) is 5.57 Å². The number of benzene rings is 1. The molecule has 1 aromatic carbocycles. The Kier molecular flexibility index (Phi) is 8.29. The minimum Gasteiger partial charge on any atom is -0.381 e. The van der Waals surface area contributed by atoms with Crippen LogP contribution in [0.1, 0.15) is 58.4 Å². The Labute approximate surface area is 190 Å². The van der Waals surface area contributed by atoms with Crippen molar-refractivity contribution in [3.8, 4) is 0 Å². The molecular weight excluding hydrogens is 392 g/mol. The van der Waals surface area contributed by atoms with Crippen molar-refractivity contribution in [2.75, 3.05) is 50.8 Å². The molecule has 2 aliphatic heterocycles. The zero-order valence-electron chi connectivity index (χ0n) is 19.2. The summed E-state index contributed by atoms with van der Waals surface area (Å²) in [6, 6.07) is 9.14. The number of ether oxygens (including phenoxy) is 1. The van der Waals surface area contributed by atoms with Gasteiger partial charge in [0.05, 0.1) is 0 Å². The van der Waals surface area contributed by atoms with Gasteiger partial charge in [0.1, 0.15) is 0 Å². The average molecular weight is 433 g/mol. The second kappa shape index (κ2) is 10.5. The lowest BCUT2D eigenvalue weighted by atomic mass is 9.72. The first kappa shape index (κ1) is 23.6. The largest absolute Gasteiger partial charge is 0.381 e. The topological polar surface area (TPSA) is 15.7 Å². The third-order valence-corrected chi connectivity index (χ3v) is 7.46. The number of hydrogen-bond donors (Lipinski definition) is 0. The first-order chi connectivity index (χ1) is 14.0. The molecule has 2 fully saturated rings. The summed E-state index contributed by atoms with van der Waals surface area (Å²) in [5.41, 5.74) is 4.93. The molecule has 2 heterocycles. The van der Waals surface area contributed by atoms with E-state index in [-0.39, 0.29) is 12.4 Å². The van der Waals surface area contributed by atoms with Gasteiger partial charge in [-0.25, -0.2) is 0 Å². The molecule has 0 amide bonds. The van der Waals surface area contributed by atoms with Gasteiger partial charge in [-0.05, 0) is 61.0 Å². The fourth-order valence-electron chi connectivity index (χ4n) is 5.35. The van der Waals surface area contributed by atoms with Crippen molar-refractivity contribution < 1.29 is 4.74 Å². The van der Waals surface area contributed by atoms with Gasteiger partial charge >= 0.3 is 0 Å². The van der Waals surface area contributed by atoms with Crippen LogP contribution in [0, 0.1) is 17.3 Å². The highest BCUT2D eigenvalue weighted by atomic mass is 35.5. The van der Waals surface area contributed by atoms with Crippen molar-refractivity contribution in [3.05, 3.63) is 35.9 Å². The Morgan fingerprint density at radius 1 is 0.967 bits per heavy atom. The third kappa shape index (κ3) is 5.81. The SMILES string of the molecule is CC(C)(C)C1CC=C(c2ccccc2N2CCN(CC3CCOCC3)CC2)CC1.Cl. The summed E-state index contributed by atoms with van der Waals surface area (Å²) in [5.74, 6) is 1.65. The fraction of sp³-hybridized carbons (Fsp3) is 0.692. The molecule has 0 aromatic heterocycles. The molecule has 0 spiro atoms. The molecule has 0 N–H and O–H groups in total. The van der Waals surface area contributed by atoms with Crippen molar-refractivity contribution >= 4 is 23.7 Å². The van der Waals surface area contributed by atoms with E-state index in [0.717, 1.165) is 38.1 Å². The van der Waals surface area contributed by atoms with Crippen LogP contribution in [0.5, 0.6) is 0 Å². The van der Waals surface area contributed by atoms with E-state index < -0.39 is 0 Å². The van der Waals surface area contributed by atoms with Crippen LogP contribution in [0.25, 0.3) is 5.57 Å². The number of anilines is 1. The van der Waals surface area contributed by atoms with Crippen LogP contribution in [0.15, 0.2) is 30.3 Å². The van der Waals surface area contributed by atoms with Crippen LogP contribution in [-0.2, 0) is 4.74 Å². The quantitative estimate of drug-likeness (QED) is 0.590. The molecular formula is C26H41ClN2O. The summed E-state index contributed by atoms with van der Waals surface area (Å²) in [4.78, 5) is 5.31. The monoisotopic (exact) mass is 432 g/mol. The Balaban J connectivity index is 0.00000256. The summed E-state index contributed by atoms with van der Waals surface area (Å²) >= 11 is 0. The molecule has 3 aliphatic rings. The van der Waals surface area contributed by atoms with Crippen LogP contribution < -0.4 is 4.90 Å². The van der Waals surface area contributed by atoms with E-state index in [0.29, 0.717) is 5.41 Å². The van der Waals surface area contributed by atoms with Crippen LogP contribution in [-0.4, -0.2) is 50.8 Å². The highest BCUT2D eigenvalue weighted by Gasteiger charge is 2.28. The van der Waals surface area contributed by atoms with E-state index in [4.69, 9.17) is 4.74 Å². The first-order valence-electron chi connectivity index (χ1n) is 11.8. The van der Waals surface area contributed by atoms with Crippen molar-refractivity contribution in [2.24, 2.45) is 17.3 Å². The molecule has 1 aromatic rings. The van der Waals surface area contributed by atoms with Gasteiger partial charge < -0.3 is 9.64 Å². The molecule has 3 nitrogen and oxygen atoms in total. The molecule has 2 saturated heterocycles. The highest BCUT2D eigenvalue weighted by Crippen LogP contribution is 2.41.